The first-order valence-corrected chi connectivity index (χ1v) is 7.25. The van der Waals surface area contributed by atoms with Gasteiger partial charge in [-0.1, -0.05) is 13.3 Å². The molecule has 0 aliphatic heterocycles. The SMILES string of the molecule is CCCCN(c1c(C=CC(=O)O)c(C)nn1C)C1CC1. The third-order valence-electron chi connectivity index (χ3n) is 3.64. The Morgan fingerprint density at radius 3 is 2.80 bits per heavy atom. The molecule has 0 unspecified atom stereocenters. The smallest absolute Gasteiger partial charge is 0.328 e. The molecule has 5 heteroatoms. The highest BCUT2D eigenvalue weighted by Gasteiger charge is 2.32. The van der Waals surface area contributed by atoms with Crippen molar-refractivity contribution in [2.75, 3.05) is 11.4 Å². The van der Waals surface area contributed by atoms with E-state index in [9.17, 15) is 4.79 Å². The summed E-state index contributed by atoms with van der Waals surface area (Å²) in [6.45, 7) is 5.12. The van der Waals surface area contributed by atoms with E-state index in [1.807, 2.05) is 18.7 Å². The van der Waals surface area contributed by atoms with Crippen molar-refractivity contribution in [3.8, 4) is 0 Å². The number of nitrogens with zero attached hydrogens (tertiary/aromatic N) is 3. The highest BCUT2D eigenvalue weighted by atomic mass is 16.4. The van der Waals surface area contributed by atoms with Crippen LogP contribution in [0.5, 0.6) is 0 Å². The normalized spacial score (nSPS) is 14.9. The van der Waals surface area contributed by atoms with Crippen LogP contribution < -0.4 is 4.90 Å². The van der Waals surface area contributed by atoms with Gasteiger partial charge in [0, 0.05) is 31.3 Å². The van der Waals surface area contributed by atoms with Crippen molar-refractivity contribution in [3.63, 3.8) is 0 Å². The molecule has 2 rings (SSSR count). The van der Waals surface area contributed by atoms with Gasteiger partial charge in [0.1, 0.15) is 5.82 Å². The van der Waals surface area contributed by atoms with Gasteiger partial charge in [0.2, 0.25) is 0 Å². The van der Waals surface area contributed by atoms with Gasteiger partial charge in [0.05, 0.1) is 5.69 Å². The van der Waals surface area contributed by atoms with Crippen LogP contribution in [0, 0.1) is 6.92 Å². The predicted molar refractivity (Wildman–Crippen MR) is 79.9 cm³/mol. The summed E-state index contributed by atoms with van der Waals surface area (Å²) in [5.74, 6) is 0.127. The number of aryl methyl sites for hydroxylation is 2. The molecule has 1 aliphatic rings. The van der Waals surface area contributed by atoms with Crippen molar-refractivity contribution in [3.05, 3.63) is 17.3 Å². The van der Waals surface area contributed by atoms with E-state index in [0.29, 0.717) is 6.04 Å². The summed E-state index contributed by atoms with van der Waals surface area (Å²) >= 11 is 0. The zero-order valence-corrected chi connectivity index (χ0v) is 12.5. The van der Waals surface area contributed by atoms with Gasteiger partial charge >= 0.3 is 5.97 Å². The van der Waals surface area contributed by atoms with Crippen LogP contribution in [-0.4, -0.2) is 33.4 Å². The molecule has 1 aromatic heterocycles. The van der Waals surface area contributed by atoms with Crippen molar-refractivity contribution < 1.29 is 9.90 Å². The van der Waals surface area contributed by atoms with E-state index in [1.165, 1.54) is 18.9 Å². The van der Waals surface area contributed by atoms with E-state index < -0.39 is 5.97 Å². The summed E-state index contributed by atoms with van der Waals surface area (Å²) in [7, 11) is 1.93. The van der Waals surface area contributed by atoms with E-state index in [0.717, 1.165) is 36.5 Å². The summed E-state index contributed by atoms with van der Waals surface area (Å²) in [5, 5.41) is 13.3. The fourth-order valence-electron chi connectivity index (χ4n) is 2.53. The van der Waals surface area contributed by atoms with E-state index in [1.54, 1.807) is 6.08 Å². The maximum Gasteiger partial charge on any atom is 0.328 e. The molecule has 1 aliphatic carbocycles. The Balaban J connectivity index is 2.34. The van der Waals surface area contributed by atoms with Crippen LogP contribution in [0.2, 0.25) is 0 Å². The zero-order valence-electron chi connectivity index (χ0n) is 12.5. The van der Waals surface area contributed by atoms with E-state index in [2.05, 4.69) is 16.9 Å². The number of carboxylic acid groups (broad SMARTS) is 1. The Morgan fingerprint density at radius 1 is 1.55 bits per heavy atom. The van der Waals surface area contributed by atoms with Crippen LogP contribution in [0.4, 0.5) is 5.82 Å². The molecule has 0 bridgehead atoms. The monoisotopic (exact) mass is 277 g/mol. The molecule has 0 aromatic carbocycles. The minimum Gasteiger partial charge on any atom is -0.478 e. The molecule has 0 radical (unpaired) electrons. The number of aliphatic carboxylic acids is 1. The molecule has 1 heterocycles. The van der Waals surface area contributed by atoms with Crippen LogP contribution in [0.3, 0.4) is 0 Å². The van der Waals surface area contributed by atoms with Crippen molar-refractivity contribution in [1.82, 2.24) is 9.78 Å². The fraction of sp³-hybridized carbons (Fsp3) is 0.600. The third-order valence-corrected chi connectivity index (χ3v) is 3.64. The van der Waals surface area contributed by atoms with Crippen LogP contribution in [0.15, 0.2) is 6.08 Å². The molecule has 0 amide bonds. The first-order valence-electron chi connectivity index (χ1n) is 7.25. The molecular weight excluding hydrogens is 254 g/mol. The van der Waals surface area contributed by atoms with Crippen LogP contribution >= 0.6 is 0 Å². The molecule has 1 saturated carbocycles. The number of unbranched alkanes of at least 4 members (excludes halogenated alkanes) is 1. The summed E-state index contributed by atoms with van der Waals surface area (Å²) in [6.07, 6.45) is 7.59. The number of carboxylic acids is 1. The number of rotatable bonds is 7. The molecule has 0 spiro atoms. The predicted octanol–water partition coefficient (Wildman–Crippen LogP) is 2.60. The second-order valence-corrected chi connectivity index (χ2v) is 5.40. The first-order chi connectivity index (χ1) is 9.54. The van der Waals surface area contributed by atoms with Crippen molar-refractivity contribution in [2.24, 2.45) is 7.05 Å². The molecule has 20 heavy (non-hydrogen) atoms. The van der Waals surface area contributed by atoms with Gasteiger partial charge in [-0.3, -0.25) is 4.68 Å². The van der Waals surface area contributed by atoms with Gasteiger partial charge in [0.15, 0.2) is 0 Å². The second kappa shape index (κ2) is 6.11. The molecule has 1 fully saturated rings. The Labute approximate surface area is 119 Å². The fourth-order valence-corrected chi connectivity index (χ4v) is 2.53. The van der Waals surface area contributed by atoms with Crippen LogP contribution in [0.1, 0.15) is 43.9 Å². The number of anilines is 1. The minimum absolute atomic E-state index is 0.591. The van der Waals surface area contributed by atoms with Gasteiger partial charge in [0.25, 0.3) is 0 Å². The molecule has 1 N–H and O–H groups in total. The number of hydrogen-bond acceptors (Lipinski definition) is 3. The topological polar surface area (TPSA) is 58.4 Å². The molecule has 0 saturated heterocycles. The maximum atomic E-state index is 10.8. The van der Waals surface area contributed by atoms with Crippen molar-refractivity contribution in [1.29, 1.82) is 0 Å². The molecule has 110 valence electrons. The summed E-state index contributed by atoms with van der Waals surface area (Å²) in [6, 6.07) is 0.591. The minimum atomic E-state index is -0.925. The van der Waals surface area contributed by atoms with E-state index in [-0.39, 0.29) is 0 Å². The average molecular weight is 277 g/mol. The lowest BCUT2D eigenvalue weighted by Crippen LogP contribution is -2.29. The van der Waals surface area contributed by atoms with Gasteiger partial charge in [-0.15, -0.1) is 0 Å². The Morgan fingerprint density at radius 2 is 2.25 bits per heavy atom. The zero-order chi connectivity index (χ0) is 14.7. The molecule has 5 nitrogen and oxygen atoms in total. The average Bonchev–Trinajstić information content (AvgIpc) is 3.16. The highest BCUT2D eigenvalue weighted by molar-refractivity contribution is 5.87. The Bertz CT molecular complexity index is 515. The van der Waals surface area contributed by atoms with Gasteiger partial charge in [-0.2, -0.15) is 5.10 Å². The number of carbonyl (C=O) groups is 1. The standard InChI is InChI=1S/C15H23N3O2/c1-4-5-10-18(12-6-7-12)15-13(8-9-14(19)20)11(2)16-17(15)3/h8-9,12H,4-7,10H2,1-3H3,(H,19,20). The number of aromatic nitrogens is 2. The Hall–Kier alpha value is -1.78. The quantitative estimate of drug-likeness (QED) is 0.778. The molecule has 0 atom stereocenters. The molecular formula is C15H23N3O2. The van der Waals surface area contributed by atoms with Crippen molar-refractivity contribution in [2.45, 2.75) is 45.6 Å². The lowest BCUT2D eigenvalue weighted by Gasteiger charge is -2.25. The van der Waals surface area contributed by atoms with E-state index in [4.69, 9.17) is 5.11 Å². The summed E-state index contributed by atoms with van der Waals surface area (Å²) in [5.41, 5.74) is 1.81. The van der Waals surface area contributed by atoms with Crippen LogP contribution in [-0.2, 0) is 11.8 Å². The summed E-state index contributed by atoms with van der Waals surface area (Å²) in [4.78, 5) is 13.2. The Kier molecular flexibility index (Phi) is 4.47. The lowest BCUT2D eigenvalue weighted by atomic mass is 10.2. The van der Waals surface area contributed by atoms with Crippen LogP contribution in [0.25, 0.3) is 6.08 Å². The summed E-state index contributed by atoms with van der Waals surface area (Å²) < 4.78 is 1.88. The highest BCUT2D eigenvalue weighted by Crippen LogP contribution is 2.35. The first kappa shape index (κ1) is 14.6. The molecule has 1 aromatic rings. The second-order valence-electron chi connectivity index (χ2n) is 5.40. The van der Waals surface area contributed by atoms with E-state index >= 15 is 0 Å². The van der Waals surface area contributed by atoms with Crippen molar-refractivity contribution >= 4 is 17.9 Å². The third kappa shape index (κ3) is 3.21. The largest absolute Gasteiger partial charge is 0.478 e. The maximum absolute atomic E-state index is 10.8. The lowest BCUT2D eigenvalue weighted by molar-refractivity contribution is -0.131. The van der Waals surface area contributed by atoms with Gasteiger partial charge in [-0.05, 0) is 32.3 Å². The van der Waals surface area contributed by atoms with Gasteiger partial charge < -0.3 is 10.0 Å². The number of hydrogen-bond donors (Lipinski definition) is 1. The van der Waals surface area contributed by atoms with Gasteiger partial charge in [-0.25, -0.2) is 4.79 Å².